The van der Waals surface area contributed by atoms with Gasteiger partial charge in [-0.1, -0.05) is 58.6 Å². The van der Waals surface area contributed by atoms with Gasteiger partial charge in [0.2, 0.25) is 5.90 Å². The van der Waals surface area contributed by atoms with Crippen molar-refractivity contribution >= 4 is 35.0 Å². The quantitative estimate of drug-likeness (QED) is 0.117. The zero-order valence-electron chi connectivity index (χ0n) is 21.9. The van der Waals surface area contributed by atoms with Crippen molar-refractivity contribution in [1.29, 1.82) is 0 Å². The van der Waals surface area contributed by atoms with Gasteiger partial charge >= 0.3 is 0 Å². The van der Waals surface area contributed by atoms with Gasteiger partial charge in [-0.2, -0.15) is 0 Å². The summed E-state index contributed by atoms with van der Waals surface area (Å²) in [6.45, 7) is 2.60. The molecule has 4 rings (SSSR count). The molecule has 3 aromatic rings. The lowest BCUT2D eigenvalue weighted by Gasteiger charge is -2.29. The lowest BCUT2D eigenvalue weighted by atomic mass is 9.84. The molecule has 40 heavy (non-hydrogen) atoms. The number of benzene rings is 3. The number of rotatable bonds is 12. The van der Waals surface area contributed by atoms with E-state index in [-0.39, 0.29) is 32.0 Å². The highest BCUT2D eigenvalue weighted by atomic mass is 35.5. The smallest absolute Gasteiger partial charge is 0.252 e. The molecule has 0 saturated carbocycles. The maximum Gasteiger partial charge on any atom is 0.252 e. The molecule has 11 heteroatoms. The first-order valence-electron chi connectivity index (χ1n) is 12.8. The second-order valence-electron chi connectivity index (χ2n) is 9.30. The highest BCUT2D eigenvalue weighted by molar-refractivity contribution is 6.35. The molecule has 0 aliphatic carbocycles. The predicted octanol–water partition coefficient (Wildman–Crippen LogP) is 6.03. The van der Waals surface area contributed by atoms with Gasteiger partial charge in [-0.25, -0.2) is 4.99 Å². The topological polar surface area (TPSA) is 129 Å². The lowest BCUT2D eigenvalue weighted by Crippen LogP contribution is -2.52. The highest BCUT2D eigenvalue weighted by Crippen LogP contribution is 2.34. The van der Waals surface area contributed by atoms with E-state index in [2.05, 4.69) is 15.3 Å². The number of ether oxygens (including phenoxy) is 2. The van der Waals surface area contributed by atoms with Crippen molar-refractivity contribution < 1.29 is 19.4 Å². The van der Waals surface area contributed by atoms with Crippen molar-refractivity contribution in [3.05, 3.63) is 109 Å². The third-order valence-electron chi connectivity index (χ3n) is 6.66. The fraction of sp³-hybridized carbons (Fsp3) is 0.310. The summed E-state index contributed by atoms with van der Waals surface area (Å²) in [5.41, 5.74) is 10.6. The minimum absolute atomic E-state index is 0.0565. The first kappa shape index (κ1) is 29.2. The van der Waals surface area contributed by atoms with Crippen LogP contribution in [0, 0.1) is 0 Å². The zero-order chi connectivity index (χ0) is 28.5. The minimum atomic E-state index is -1.31. The number of nitrogens with zero attached hydrogens (tertiary/aromatic N) is 4. The molecule has 0 spiro atoms. The largest absolute Gasteiger partial charge is 0.494 e. The number of hydrogen-bond acceptors (Lipinski definition) is 6. The van der Waals surface area contributed by atoms with E-state index in [1.54, 1.807) is 30.3 Å². The molecule has 0 aromatic heterocycles. The Morgan fingerprint density at radius 3 is 2.60 bits per heavy atom. The fourth-order valence-corrected chi connectivity index (χ4v) is 4.89. The molecular weight excluding hydrogens is 553 g/mol. The molecule has 0 bridgehead atoms. The summed E-state index contributed by atoms with van der Waals surface area (Å²) in [6, 6.07) is 19.8. The molecule has 208 valence electrons. The predicted molar refractivity (Wildman–Crippen MR) is 155 cm³/mol. The summed E-state index contributed by atoms with van der Waals surface area (Å²) in [5.74, 6) is 0.657. The molecule has 1 heterocycles. The van der Waals surface area contributed by atoms with Crippen molar-refractivity contribution in [1.82, 2.24) is 5.32 Å². The number of amides is 1. The van der Waals surface area contributed by atoms with Gasteiger partial charge in [-0.3, -0.25) is 4.79 Å². The molecular formula is C29H29Cl2N5O4. The van der Waals surface area contributed by atoms with Crippen molar-refractivity contribution in [2.45, 2.75) is 44.5 Å². The Morgan fingerprint density at radius 2 is 1.90 bits per heavy atom. The van der Waals surface area contributed by atoms with Gasteiger partial charge in [0.15, 0.2) is 5.54 Å². The molecule has 1 aliphatic heterocycles. The average Bonchev–Trinajstić information content (AvgIpc) is 3.29. The van der Waals surface area contributed by atoms with Crippen LogP contribution >= 0.6 is 23.2 Å². The lowest BCUT2D eigenvalue weighted by molar-refractivity contribution is -0.128. The first-order valence-corrected chi connectivity index (χ1v) is 13.5. The van der Waals surface area contributed by atoms with Gasteiger partial charge in [0.05, 0.1) is 13.2 Å². The van der Waals surface area contributed by atoms with Gasteiger partial charge in [-0.05, 0) is 65.5 Å². The van der Waals surface area contributed by atoms with E-state index < -0.39 is 11.6 Å². The Balaban J connectivity index is 1.66. The van der Waals surface area contributed by atoms with Crippen LogP contribution in [-0.2, 0) is 29.0 Å². The van der Waals surface area contributed by atoms with Crippen LogP contribution in [0.5, 0.6) is 5.75 Å². The third-order valence-corrected chi connectivity index (χ3v) is 7.25. The number of aliphatic hydroxyl groups excluding tert-OH is 1. The second kappa shape index (κ2) is 13.5. The first-order chi connectivity index (χ1) is 19.4. The molecule has 2 atom stereocenters. The fourth-order valence-electron chi connectivity index (χ4n) is 4.42. The van der Waals surface area contributed by atoms with Crippen LogP contribution in [0.15, 0.2) is 76.8 Å². The van der Waals surface area contributed by atoms with Crippen LogP contribution in [0.25, 0.3) is 10.4 Å². The summed E-state index contributed by atoms with van der Waals surface area (Å²) in [6.07, 6.45) is 0.142. The van der Waals surface area contributed by atoms with E-state index in [9.17, 15) is 4.79 Å². The number of aliphatic hydroxyl groups is 1. The summed E-state index contributed by atoms with van der Waals surface area (Å²) in [4.78, 5) is 21.7. The molecule has 0 radical (unpaired) electrons. The Kier molecular flexibility index (Phi) is 9.90. The molecule has 2 N–H and O–H groups in total. The Bertz CT molecular complexity index is 1430. The van der Waals surface area contributed by atoms with Crippen LogP contribution in [0.3, 0.4) is 0 Å². The summed E-state index contributed by atoms with van der Waals surface area (Å²) in [7, 11) is 0. The molecule has 0 fully saturated rings. The monoisotopic (exact) mass is 581 g/mol. The number of azide groups is 1. The molecule has 0 saturated heterocycles. The van der Waals surface area contributed by atoms with Crippen LogP contribution in [-0.4, -0.2) is 41.8 Å². The summed E-state index contributed by atoms with van der Waals surface area (Å²) in [5, 5.41) is 16.6. The van der Waals surface area contributed by atoms with Crippen LogP contribution in [0.4, 0.5) is 0 Å². The molecule has 1 aliphatic rings. The van der Waals surface area contributed by atoms with E-state index in [0.29, 0.717) is 45.8 Å². The zero-order valence-corrected chi connectivity index (χ0v) is 23.4. The molecule has 9 nitrogen and oxygen atoms in total. The van der Waals surface area contributed by atoms with Crippen molar-refractivity contribution in [2.75, 3.05) is 13.2 Å². The van der Waals surface area contributed by atoms with E-state index >= 15 is 0 Å². The number of carbonyl (C=O) groups excluding carboxylic acids is 1. The highest BCUT2D eigenvalue weighted by Gasteiger charge is 2.50. The minimum Gasteiger partial charge on any atom is -0.494 e. The van der Waals surface area contributed by atoms with Crippen molar-refractivity contribution in [3.63, 3.8) is 0 Å². The number of hydrogen-bond donors (Lipinski definition) is 2. The van der Waals surface area contributed by atoms with Gasteiger partial charge in [-0.15, -0.1) is 0 Å². The Hall–Kier alpha value is -3.75. The van der Waals surface area contributed by atoms with E-state index in [1.807, 2.05) is 43.3 Å². The van der Waals surface area contributed by atoms with E-state index in [4.69, 9.17) is 48.3 Å². The van der Waals surface area contributed by atoms with E-state index in [0.717, 1.165) is 11.1 Å². The Morgan fingerprint density at radius 1 is 1.15 bits per heavy atom. The van der Waals surface area contributed by atoms with E-state index in [1.165, 1.54) is 0 Å². The number of halogens is 2. The van der Waals surface area contributed by atoms with Gasteiger partial charge < -0.3 is 19.9 Å². The summed E-state index contributed by atoms with van der Waals surface area (Å²) < 4.78 is 11.8. The number of aliphatic imine (C=N–C) groups is 1. The normalized spacial score (nSPS) is 17.9. The van der Waals surface area contributed by atoms with Crippen molar-refractivity contribution in [2.24, 2.45) is 10.1 Å². The summed E-state index contributed by atoms with van der Waals surface area (Å²) >= 11 is 12.4. The third kappa shape index (κ3) is 6.87. The maximum absolute atomic E-state index is 13.9. The standard InChI is InChI=1S/C29H29Cl2N5O4/c1-19-29(16-21-5-2-3-6-22(21)18-34-36-32,28(38)33-17-23-7-10-24(30)15-26(23)31)35-27(40-19)20-8-11-25(12-9-20)39-14-4-13-37/h2-3,5-12,15,19,37H,4,13-14,16-18H2,1H3,(H,33,38)/t19-,29-/m1/s1. The maximum atomic E-state index is 13.9. The van der Waals surface area contributed by atoms with Crippen LogP contribution in [0.2, 0.25) is 10.0 Å². The molecule has 1 amide bonds. The average molecular weight is 582 g/mol. The van der Waals surface area contributed by atoms with Gasteiger partial charge in [0.1, 0.15) is 11.9 Å². The molecule has 0 unspecified atom stereocenters. The van der Waals surface area contributed by atoms with Crippen molar-refractivity contribution in [3.8, 4) is 5.75 Å². The van der Waals surface area contributed by atoms with Gasteiger partial charge in [0.25, 0.3) is 5.91 Å². The Labute approximate surface area is 242 Å². The van der Waals surface area contributed by atoms with Crippen LogP contribution in [0.1, 0.15) is 35.6 Å². The van der Waals surface area contributed by atoms with Crippen LogP contribution < -0.4 is 10.1 Å². The molecule has 3 aromatic carbocycles. The SMILES string of the molecule is C[C@H]1OC(c2ccc(OCCCO)cc2)=N[C@@]1(Cc1ccccc1CN=[N+]=[N-])C(=O)NCc1ccc(Cl)cc1Cl. The number of nitrogens with one attached hydrogen (secondary N) is 1. The second-order valence-corrected chi connectivity index (χ2v) is 10.1. The number of carbonyl (C=O) groups is 1. The van der Waals surface area contributed by atoms with Gasteiger partial charge in [0, 0.05) is 46.5 Å².